The molecule has 0 saturated heterocycles. The number of carbonyl (C=O) groups excluding carboxylic acids is 2. The number of ether oxygens (including phenoxy) is 1. The van der Waals surface area contributed by atoms with Crippen LogP contribution in [0.1, 0.15) is 18.4 Å². The molecule has 110 valence electrons. The number of carbonyl (C=O) groups is 2. The molecule has 0 saturated carbocycles. The third-order valence-corrected chi connectivity index (χ3v) is 1.99. The third kappa shape index (κ3) is 12.5. The molecule has 1 aromatic rings. The molecule has 5 nitrogen and oxygen atoms in total. The van der Waals surface area contributed by atoms with Crippen molar-refractivity contribution in [1.82, 2.24) is 0 Å². The van der Waals surface area contributed by atoms with Crippen molar-refractivity contribution < 1.29 is 24.9 Å². The molecule has 0 radical (unpaired) electrons. The molecule has 0 amide bonds. The topological polar surface area (TPSA) is 95.1 Å². The van der Waals surface area contributed by atoms with Crippen molar-refractivity contribution in [2.75, 3.05) is 13.9 Å². The predicted octanol–water partition coefficient (Wildman–Crippen LogP) is 0.675. The normalized spacial score (nSPS) is 11.6. The van der Waals surface area contributed by atoms with Gasteiger partial charge in [-0.1, -0.05) is 35.9 Å². The number of aliphatic hydroxyl groups is 1. The summed E-state index contributed by atoms with van der Waals surface area (Å²) in [6, 6.07) is 10.3. The Morgan fingerprint density at radius 3 is 1.70 bits per heavy atom. The number of methoxy groups -OCH3 is 1. The summed E-state index contributed by atoms with van der Waals surface area (Å²) in [5, 5.41) is 7.65. The SMILES string of the molecule is COCO.Cc1ccccc1.O.O=C1C#CC(=O)CC1. The minimum absolute atomic E-state index is 0. The summed E-state index contributed by atoms with van der Waals surface area (Å²) in [7, 11) is 1.43. The second-order valence-corrected chi connectivity index (χ2v) is 3.67. The van der Waals surface area contributed by atoms with Crippen molar-refractivity contribution >= 4 is 11.6 Å². The Hall–Kier alpha value is -2.00. The van der Waals surface area contributed by atoms with Gasteiger partial charge < -0.3 is 15.3 Å². The first-order chi connectivity index (χ1) is 9.10. The highest BCUT2D eigenvalue weighted by molar-refractivity contribution is 6.09. The maximum absolute atomic E-state index is 10.3. The standard InChI is InChI=1S/C7H8.C6H4O2.C2H6O2.H2O/c1-7-5-3-2-4-6-7;7-5-1-2-6(8)4-3-5;1-4-2-3;/h2-6H,1H3;1-2H2;3H,2H2,1H3;1H2. The molecule has 0 spiro atoms. The summed E-state index contributed by atoms with van der Waals surface area (Å²) in [5.74, 6) is 4.15. The van der Waals surface area contributed by atoms with Gasteiger partial charge in [0.2, 0.25) is 11.6 Å². The molecular formula is C15H20O5. The minimum atomic E-state index is -0.181. The molecule has 0 unspecified atom stereocenters. The van der Waals surface area contributed by atoms with Crippen molar-refractivity contribution in [1.29, 1.82) is 0 Å². The summed E-state index contributed by atoms with van der Waals surface area (Å²) in [6.45, 7) is 1.90. The van der Waals surface area contributed by atoms with Crippen LogP contribution in [0.5, 0.6) is 0 Å². The highest BCUT2D eigenvalue weighted by Crippen LogP contribution is 1.95. The van der Waals surface area contributed by atoms with Crippen LogP contribution in [0.25, 0.3) is 0 Å². The zero-order valence-electron chi connectivity index (χ0n) is 11.7. The lowest BCUT2D eigenvalue weighted by Gasteiger charge is -1.92. The van der Waals surface area contributed by atoms with E-state index in [1.807, 2.05) is 18.2 Å². The highest BCUT2D eigenvalue weighted by Gasteiger charge is 2.06. The Morgan fingerprint density at radius 1 is 1.10 bits per heavy atom. The van der Waals surface area contributed by atoms with Crippen molar-refractivity contribution in [3.05, 3.63) is 35.9 Å². The Bertz CT molecular complexity index is 420. The lowest BCUT2D eigenvalue weighted by molar-refractivity contribution is -0.119. The average Bonchev–Trinajstić information content (AvgIpc) is 2.44. The molecule has 0 bridgehead atoms. The van der Waals surface area contributed by atoms with E-state index in [4.69, 9.17) is 5.11 Å². The quantitative estimate of drug-likeness (QED) is 0.465. The predicted molar refractivity (Wildman–Crippen MR) is 75.9 cm³/mol. The first kappa shape index (κ1) is 20.3. The van der Waals surface area contributed by atoms with Crippen molar-refractivity contribution in [3.63, 3.8) is 0 Å². The monoisotopic (exact) mass is 280 g/mol. The van der Waals surface area contributed by atoms with Gasteiger partial charge in [0.1, 0.15) is 6.79 Å². The molecular weight excluding hydrogens is 260 g/mol. The highest BCUT2D eigenvalue weighted by atomic mass is 16.6. The Morgan fingerprint density at radius 2 is 1.50 bits per heavy atom. The maximum atomic E-state index is 10.3. The smallest absolute Gasteiger partial charge is 0.206 e. The second kappa shape index (κ2) is 13.4. The summed E-state index contributed by atoms with van der Waals surface area (Å²) in [4.78, 5) is 20.6. The van der Waals surface area contributed by atoms with Gasteiger partial charge in [-0.25, -0.2) is 0 Å². The molecule has 0 aromatic heterocycles. The van der Waals surface area contributed by atoms with Gasteiger partial charge in [0.25, 0.3) is 0 Å². The van der Waals surface area contributed by atoms with E-state index in [-0.39, 0.29) is 23.8 Å². The molecule has 1 aliphatic carbocycles. The number of hydrogen-bond acceptors (Lipinski definition) is 4. The average molecular weight is 280 g/mol. The van der Waals surface area contributed by atoms with Crippen LogP contribution < -0.4 is 0 Å². The molecule has 5 heteroatoms. The molecule has 0 heterocycles. The lowest BCUT2D eigenvalue weighted by atomic mass is 10.1. The Kier molecular flexibility index (Phi) is 13.6. The summed E-state index contributed by atoms with van der Waals surface area (Å²) < 4.78 is 4.10. The van der Waals surface area contributed by atoms with Crippen LogP contribution in [0, 0.1) is 18.8 Å². The number of ketones is 2. The van der Waals surface area contributed by atoms with E-state index in [2.05, 4.69) is 35.6 Å². The van der Waals surface area contributed by atoms with E-state index in [9.17, 15) is 9.59 Å². The van der Waals surface area contributed by atoms with E-state index in [1.165, 1.54) is 12.7 Å². The van der Waals surface area contributed by atoms with Crippen LogP contribution in [0.3, 0.4) is 0 Å². The fourth-order valence-electron chi connectivity index (χ4n) is 1.03. The lowest BCUT2D eigenvalue weighted by Crippen LogP contribution is -2.05. The van der Waals surface area contributed by atoms with Gasteiger partial charge in [0.15, 0.2) is 0 Å². The van der Waals surface area contributed by atoms with Gasteiger partial charge >= 0.3 is 0 Å². The first-order valence-electron chi connectivity index (χ1n) is 5.79. The van der Waals surface area contributed by atoms with E-state index >= 15 is 0 Å². The number of aryl methyl sites for hydroxylation is 1. The molecule has 0 atom stereocenters. The Labute approximate surface area is 118 Å². The molecule has 3 N–H and O–H groups in total. The van der Waals surface area contributed by atoms with E-state index in [1.54, 1.807) is 0 Å². The number of Topliss-reactive ketones (excluding diaryl/α,β-unsaturated/α-hetero) is 2. The van der Waals surface area contributed by atoms with Gasteiger partial charge in [-0.15, -0.1) is 0 Å². The number of aliphatic hydroxyl groups excluding tert-OH is 1. The van der Waals surface area contributed by atoms with Gasteiger partial charge in [0, 0.05) is 20.0 Å². The van der Waals surface area contributed by atoms with Crippen LogP contribution in [0.2, 0.25) is 0 Å². The van der Waals surface area contributed by atoms with Crippen molar-refractivity contribution in [2.45, 2.75) is 19.8 Å². The largest absolute Gasteiger partial charge is 0.412 e. The fourth-order valence-corrected chi connectivity index (χ4v) is 1.03. The first-order valence-corrected chi connectivity index (χ1v) is 5.79. The van der Waals surface area contributed by atoms with Gasteiger partial charge in [-0.2, -0.15) is 0 Å². The van der Waals surface area contributed by atoms with E-state index in [0.29, 0.717) is 12.8 Å². The molecule has 2 rings (SSSR count). The van der Waals surface area contributed by atoms with E-state index < -0.39 is 0 Å². The van der Waals surface area contributed by atoms with Gasteiger partial charge in [-0.3, -0.25) is 9.59 Å². The van der Waals surface area contributed by atoms with Crippen molar-refractivity contribution in [2.24, 2.45) is 0 Å². The zero-order valence-corrected chi connectivity index (χ0v) is 11.7. The third-order valence-electron chi connectivity index (χ3n) is 1.99. The molecule has 1 aromatic carbocycles. The van der Waals surface area contributed by atoms with E-state index in [0.717, 1.165) is 0 Å². The summed E-state index contributed by atoms with van der Waals surface area (Å²) >= 11 is 0. The van der Waals surface area contributed by atoms with Gasteiger partial charge in [0.05, 0.1) is 0 Å². The van der Waals surface area contributed by atoms with Crippen LogP contribution >= 0.6 is 0 Å². The minimum Gasteiger partial charge on any atom is -0.412 e. The fraction of sp³-hybridized carbons (Fsp3) is 0.333. The molecule has 20 heavy (non-hydrogen) atoms. The summed E-state index contributed by atoms with van der Waals surface area (Å²) in [6.07, 6.45) is 0.623. The van der Waals surface area contributed by atoms with Crippen LogP contribution in [0.15, 0.2) is 30.3 Å². The molecule has 0 aliphatic heterocycles. The number of benzene rings is 1. The molecule has 1 aliphatic rings. The second-order valence-electron chi connectivity index (χ2n) is 3.67. The Balaban J connectivity index is 0. The van der Waals surface area contributed by atoms with Crippen molar-refractivity contribution in [3.8, 4) is 11.8 Å². The zero-order chi connectivity index (χ0) is 14.5. The number of hydrogen-bond donors (Lipinski definition) is 1. The number of rotatable bonds is 1. The summed E-state index contributed by atoms with van der Waals surface area (Å²) in [5.41, 5.74) is 1.32. The van der Waals surface area contributed by atoms with Crippen LogP contribution in [0.4, 0.5) is 0 Å². The van der Waals surface area contributed by atoms with Crippen LogP contribution in [-0.4, -0.2) is 36.1 Å². The van der Waals surface area contributed by atoms with Gasteiger partial charge in [-0.05, 0) is 18.8 Å². The molecule has 0 fully saturated rings. The maximum Gasteiger partial charge on any atom is 0.206 e. The van der Waals surface area contributed by atoms with Crippen LogP contribution in [-0.2, 0) is 14.3 Å².